The molecule has 0 spiro atoms. The van der Waals surface area contributed by atoms with E-state index in [2.05, 4.69) is 0 Å². The summed E-state index contributed by atoms with van der Waals surface area (Å²) in [6, 6.07) is 18.3. The molecular weight excluding hydrogens is 407 g/mol. The van der Waals surface area contributed by atoms with Gasteiger partial charge in [-0.1, -0.05) is 71.2 Å². The van der Waals surface area contributed by atoms with E-state index in [9.17, 15) is 4.79 Å². The molecule has 0 bridgehead atoms. The van der Waals surface area contributed by atoms with Crippen molar-refractivity contribution in [2.45, 2.75) is 13.5 Å². The zero-order chi connectivity index (χ0) is 20.8. The maximum absolute atomic E-state index is 12.5. The Morgan fingerprint density at radius 2 is 1.76 bits per heavy atom. The Balaban J connectivity index is 1.82. The fourth-order valence-corrected chi connectivity index (χ4v) is 3.06. The molecule has 0 unspecified atom stereocenters. The monoisotopic (exact) mass is 426 g/mol. The largest absolute Gasteiger partial charge is 0.493 e. The number of halogens is 2. The lowest BCUT2D eigenvalue weighted by atomic mass is 10.1. The normalized spacial score (nSPS) is 10.9. The molecule has 0 saturated carbocycles. The fraction of sp³-hybridized carbons (Fsp3) is 0.125. The third kappa shape index (κ3) is 5.41. The maximum atomic E-state index is 12.5. The average Bonchev–Trinajstić information content (AvgIpc) is 2.73. The van der Waals surface area contributed by atoms with Crippen LogP contribution in [-0.4, -0.2) is 12.9 Å². The van der Waals surface area contributed by atoms with E-state index in [-0.39, 0.29) is 12.4 Å². The van der Waals surface area contributed by atoms with Gasteiger partial charge in [-0.25, -0.2) is 0 Å². The van der Waals surface area contributed by atoms with E-state index < -0.39 is 0 Å². The van der Waals surface area contributed by atoms with E-state index in [0.29, 0.717) is 27.1 Å². The van der Waals surface area contributed by atoms with Crippen LogP contribution in [0.5, 0.6) is 11.5 Å². The Labute approximate surface area is 180 Å². The third-order valence-electron chi connectivity index (χ3n) is 4.35. The highest BCUT2D eigenvalue weighted by atomic mass is 35.5. The minimum absolute atomic E-state index is 0.0803. The molecule has 0 aliphatic heterocycles. The molecule has 0 fully saturated rings. The Hall–Kier alpha value is -2.75. The van der Waals surface area contributed by atoms with Crippen LogP contribution in [0, 0.1) is 6.92 Å². The van der Waals surface area contributed by atoms with Crippen LogP contribution in [0.4, 0.5) is 0 Å². The van der Waals surface area contributed by atoms with Gasteiger partial charge in [-0.05, 0) is 42.8 Å². The van der Waals surface area contributed by atoms with Gasteiger partial charge < -0.3 is 9.47 Å². The highest BCUT2D eigenvalue weighted by molar-refractivity contribution is 6.42. The van der Waals surface area contributed by atoms with Gasteiger partial charge in [-0.2, -0.15) is 0 Å². The summed E-state index contributed by atoms with van der Waals surface area (Å²) in [6.07, 6.45) is 3.26. The highest BCUT2D eigenvalue weighted by Gasteiger charge is 2.11. The van der Waals surface area contributed by atoms with Gasteiger partial charge in [0.15, 0.2) is 17.3 Å². The molecule has 148 valence electrons. The number of carbonyl (C=O) groups excluding carboxylic acids is 1. The minimum atomic E-state index is -0.0803. The molecule has 3 aromatic carbocycles. The van der Waals surface area contributed by atoms with Crippen LogP contribution >= 0.6 is 23.2 Å². The molecule has 0 N–H and O–H groups in total. The smallest absolute Gasteiger partial charge is 0.185 e. The summed E-state index contributed by atoms with van der Waals surface area (Å²) in [5.41, 5.74) is 3.35. The molecule has 0 aromatic heterocycles. The second kappa shape index (κ2) is 9.64. The number of para-hydroxylation sites is 1. The van der Waals surface area contributed by atoms with Crippen molar-refractivity contribution in [2.24, 2.45) is 0 Å². The quantitative estimate of drug-likeness (QED) is 0.308. The summed E-state index contributed by atoms with van der Waals surface area (Å²) in [5, 5.41) is 0.961. The van der Waals surface area contributed by atoms with Crippen molar-refractivity contribution in [3.63, 3.8) is 0 Å². The molecule has 0 aliphatic rings. The van der Waals surface area contributed by atoms with Crippen LogP contribution in [0.2, 0.25) is 10.0 Å². The third-order valence-corrected chi connectivity index (χ3v) is 5.09. The van der Waals surface area contributed by atoms with Gasteiger partial charge in [0.2, 0.25) is 0 Å². The van der Waals surface area contributed by atoms with Crippen LogP contribution < -0.4 is 9.47 Å². The van der Waals surface area contributed by atoms with Crippen molar-refractivity contribution in [3.8, 4) is 11.5 Å². The van der Waals surface area contributed by atoms with Crippen molar-refractivity contribution in [2.75, 3.05) is 7.11 Å². The van der Waals surface area contributed by atoms with E-state index in [1.165, 1.54) is 6.08 Å². The number of aryl methyl sites for hydroxylation is 1. The summed E-state index contributed by atoms with van der Waals surface area (Å²) in [7, 11) is 1.58. The zero-order valence-electron chi connectivity index (χ0n) is 16.1. The van der Waals surface area contributed by atoms with E-state index in [1.807, 2.05) is 55.5 Å². The van der Waals surface area contributed by atoms with Crippen molar-refractivity contribution >= 4 is 35.1 Å². The van der Waals surface area contributed by atoms with Gasteiger partial charge in [0.05, 0.1) is 17.2 Å². The predicted octanol–water partition coefficient (Wildman–Crippen LogP) is 6.79. The highest BCUT2D eigenvalue weighted by Crippen LogP contribution is 2.33. The van der Waals surface area contributed by atoms with Gasteiger partial charge in [0.1, 0.15) is 6.61 Å². The Bertz CT molecular complexity index is 1040. The predicted molar refractivity (Wildman–Crippen MR) is 118 cm³/mol. The first-order chi connectivity index (χ1) is 14.0. The average molecular weight is 427 g/mol. The Morgan fingerprint density at radius 1 is 1.00 bits per heavy atom. The Kier molecular flexibility index (Phi) is 6.97. The van der Waals surface area contributed by atoms with Crippen LogP contribution in [0.25, 0.3) is 6.08 Å². The van der Waals surface area contributed by atoms with E-state index in [4.69, 9.17) is 32.7 Å². The topological polar surface area (TPSA) is 35.5 Å². The number of rotatable bonds is 7. The second-order valence-corrected chi connectivity index (χ2v) is 7.29. The molecule has 0 aliphatic carbocycles. The molecule has 0 saturated heterocycles. The van der Waals surface area contributed by atoms with Crippen LogP contribution in [-0.2, 0) is 6.61 Å². The van der Waals surface area contributed by atoms with Crippen molar-refractivity contribution < 1.29 is 14.3 Å². The molecule has 0 amide bonds. The van der Waals surface area contributed by atoms with Gasteiger partial charge in [0, 0.05) is 11.1 Å². The molecular formula is C24H20Cl2O3. The molecule has 0 radical (unpaired) electrons. The van der Waals surface area contributed by atoms with Crippen LogP contribution in [0.3, 0.4) is 0 Å². The lowest BCUT2D eigenvalue weighted by molar-refractivity contribution is 0.104. The molecule has 3 aromatic rings. The second-order valence-electron chi connectivity index (χ2n) is 6.48. The number of ketones is 1. The number of benzene rings is 3. The van der Waals surface area contributed by atoms with Gasteiger partial charge in [-0.15, -0.1) is 0 Å². The van der Waals surface area contributed by atoms with Crippen LogP contribution in [0.15, 0.2) is 66.7 Å². The summed E-state index contributed by atoms with van der Waals surface area (Å²) >= 11 is 12.0. The van der Waals surface area contributed by atoms with Crippen molar-refractivity contribution in [3.05, 3.63) is 99.0 Å². The standard InChI is InChI=1S/C24H20Cl2O3/c1-16-6-9-18(10-7-16)22(27)13-11-19-4-3-5-23(28-2)24(19)29-15-17-8-12-20(25)21(26)14-17/h3-14H,15H2,1-2H3/b13-11+. The molecule has 5 heteroatoms. The van der Waals surface area contributed by atoms with Gasteiger partial charge >= 0.3 is 0 Å². The van der Waals surface area contributed by atoms with Crippen molar-refractivity contribution in [1.82, 2.24) is 0 Å². The van der Waals surface area contributed by atoms with Gasteiger partial charge in [-0.3, -0.25) is 4.79 Å². The molecule has 0 atom stereocenters. The number of hydrogen-bond acceptors (Lipinski definition) is 3. The molecule has 3 nitrogen and oxygen atoms in total. The summed E-state index contributed by atoms with van der Waals surface area (Å²) in [6.45, 7) is 2.27. The first-order valence-corrected chi connectivity index (χ1v) is 9.76. The zero-order valence-corrected chi connectivity index (χ0v) is 17.6. The minimum Gasteiger partial charge on any atom is -0.493 e. The van der Waals surface area contributed by atoms with E-state index in [1.54, 1.807) is 25.3 Å². The molecule has 3 rings (SSSR count). The fourth-order valence-electron chi connectivity index (χ4n) is 2.74. The summed E-state index contributed by atoms with van der Waals surface area (Å²) in [5.74, 6) is 1.05. The number of carbonyl (C=O) groups is 1. The lowest BCUT2D eigenvalue weighted by Crippen LogP contribution is -2.00. The number of ether oxygens (including phenoxy) is 2. The summed E-state index contributed by atoms with van der Waals surface area (Å²) in [4.78, 5) is 12.5. The number of methoxy groups -OCH3 is 1. The van der Waals surface area contributed by atoms with Gasteiger partial charge in [0.25, 0.3) is 0 Å². The Morgan fingerprint density at radius 3 is 2.45 bits per heavy atom. The SMILES string of the molecule is COc1cccc(/C=C/C(=O)c2ccc(C)cc2)c1OCc1ccc(Cl)c(Cl)c1. The first kappa shape index (κ1) is 21.0. The maximum Gasteiger partial charge on any atom is 0.185 e. The van der Waals surface area contributed by atoms with Crippen molar-refractivity contribution in [1.29, 1.82) is 0 Å². The number of hydrogen-bond donors (Lipinski definition) is 0. The molecule has 29 heavy (non-hydrogen) atoms. The van der Waals surface area contributed by atoms with E-state index >= 15 is 0 Å². The van der Waals surface area contributed by atoms with E-state index in [0.717, 1.165) is 16.7 Å². The lowest BCUT2D eigenvalue weighted by Gasteiger charge is -2.14. The summed E-state index contributed by atoms with van der Waals surface area (Å²) < 4.78 is 11.4. The first-order valence-electron chi connectivity index (χ1n) is 9.00. The van der Waals surface area contributed by atoms with Crippen LogP contribution in [0.1, 0.15) is 27.0 Å². The molecule has 0 heterocycles. The number of allylic oxidation sites excluding steroid dienone is 1.